The molecule has 2 rings (SSSR count). The first-order valence-electron chi connectivity index (χ1n) is 5.56. The summed E-state index contributed by atoms with van der Waals surface area (Å²) in [5, 5.41) is 13.3. The van der Waals surface area contributed by atoms with Gasteiger partial charge in [0.05, 0.1) is 12.8 Å². The molecule has 0 radical (unpaired) electrons. The molecular weight excluding hydrogens is 250 g/mol. The molecule has 6 heteroatoms. The van der Waals surface area contributed by atoms with E-state index in [-0.39, 0.29) is 17.9 Å². The fourth-order valence-corrected chi connectivity index (χ4v) is 1.50. The van der Waals surface area contributed by atoms with Crippen LogP contribution >= 0.6 is 0 Å². The molecule has 0 aliphatic rings. The highest BCUT2D eigenvalue weighted by Crippen LogP contribution is 2.23. The van der Waals surface area contributed by atoms with Crippen molar-refractivity contribution in [3.05, 3.63) is 41.3 Å². The molecule has 6 nitrogen and oxygen atoms in total. The SMILES string of the molecule is COc1ccc(O)c(C(=O)OCc2cc(C)no2)c1. The fourth-order valence-electron chi connectivity index (χ4n) is 1.50. The maximum atomic E-state index is 11.8. The van der Waals surface area contributed by atoms with Crippen LogP contribution in [0.3, 0.4) is 0 Å². The zero-order valence-electron chi connectivity index (χ0n) is 10.5. The van der Waals surface area contributed by atoms with Gasteiger partial charge in [0.15, 0.2) is 12.4 Å². The van der Waals surface area contributed by atoms with Gasteiger partial charge in [0.1, 0.15) is 17.1 Å². The number of hydrogen-bond donors (Lipinski definition) is 1. The zero-order valence-corrected chi connectivity index (χ0v) is 10.5. The third-order valence-electron chi connectivity index (χ3n) is 2.45. The third-order valence-corrected chi connectivity index (χ3v) is 2.45. The van der Waals surface area contributed by atoms with Crippen LogP contribution in [-0.4, -0.2) is 23.3 Å². The lowest BCUT2D eigenvalue weighted by Crippen LogP contribution is -2.05. The van der Waals surface area contributed by atoms with Crippen molar-refractivity contribution in [1.29, 1.82) is 0 Å². The van der Waals surface area contributed by atoms with Crippen molar-refractivity contribution in [2.24, 2.45) is 0 Å². The van der Waals surface area contributed by atoms with Gasteiger partial charge >= 0.3 is 5.97 Å². The number of esters is 1. The Bertz CT molecular complexity index is 590. The number of aromatic nitrogens is 1. The van der Waals surface area contributed by atoms with E-state index in [0.29, 0.717) is 17.2 Å². The Morgan fingerprint density at radius 2 is 2.21 bits per heavy atom. The van der Waals surface area contributed by atoms with E-state index in [1.165, 1.54) is 19.2 Å². The summed E-state index contributed by atoms with van der Waals surface area (Å²) in [6.45, 7) is 1.72. The summed E-state index contributed by atoms with van der Waals surface area (Å²) in [6, 6.07) is 5.99. The second-order valence-electron chi connectivity index (χ2n) is 3.89. The Hall–Kier alpha value is -2.50. The smallest absolute Gasteiger partial charge is 0.342 e. The highest BCUT2D eigenvalue weighted by Gasteiger charge is 2.15. The lowest BCUT2D eigenvalue weighted by atomic mass is 10.2. The monoisotopic (exact) mass is 263 g/mol. The highest BCUT2D eigenvalue weighted by molar-refractivity contribution is 5.92. The van der Waals surface area contributed by atoms with Crippen LogP contribution in [0.15, 0.2) is 28.8 Å². The molecule has 0 bridgehead atoms. The van der Waals surface area contributed by atoms with Gasteiger partial charge in [0, 0.05) is 6.07 Å². The number of hydrogen-bond acceptors (Lipinski definition) is 6. The number of phenolic OH excluding ortho intramolecular Hbond substituents is 1. The van der Waals surface area contributed by atoms with E-state index in [0.717, 1.165) is 0 Å². The Morgan fingerprint density at radius 1 is 1.42 bits per heavy atom. The molecule has 0 amide bonds. The van der Waals surface area contributed by atoms with Gasteiger partial charge in [0.2, 0.25) is 0 Å². The van der Waals surface area contributed by atoms with Gasteiger partial charge in [0.25, 0.3) is 0 Å². The molecule has 1 aromatic carbocycles. The predicted molar refractivity (Wildman–Crippen MR) is 65.0 cm³/mol. The van der Waals surface area contributed by atoms with Crippen LogP contribution in [0.4, 0.5) is 0 Å². The second-order valence-corrected chi connectivity index (χ2v) is 3.89. The van der Waals surface area contributed by atoms with E-state index in [9.17, 15) is 9.90 Å². The average molecular weight is 263 g/mol. The molecule has 0 unspecified atom stereocenters. The molecule has 2 aromatic rings. The Balaban J connectivity index is 2.07. The molecule has 1 N–H and O–H groups in total. The van der Waals surface area contributed by atoms with Gasteiger partial charge < -0.3 is 19.1 Å². The molecule has 19 heavy (non-hydrogen) atoms. The molecule has 0 aliphatic heterocycles. The maximum absolute atomic E-state index is 11.8. The number of aryl methyl sites for hydroxylation is 1. The van der Waals surface area contributed by atoms with Crippen LogP contribution in [0, 0.1) is 6.92 Å². The normalized spacial score (nSPS) is 10.2. The summed E-state index contributed by atoms with van der Waals surface area (Å²) in [5.74, 6) is 0.0681. The van der Waals surface area contributed by atoms with Crippen LogP contribution in [0.2, 0.25) is 0 Å². The van der Waals surface area contributed by atoms with Crippen LogP contribution in [0.5, 0.6) is 11.5 Å². The molecular formula is C13H13NO5. The summed E-state index contributed by atoms with van der Waals surface area (Å²) in [4.78, 5) is 11.8. The number of ether oxygens (including phenoxy) is 2. The molecule has 0 atom stereocenters. The lowest BCUT2D eigenvalue weighted by molar-refractivity contribution is 0.0433. The van der Waals surface area contributed by atoms with E-state index >= 15 is 0 Å². The minimum atomic E-state index is -0.662. The Kier molecular flexibility index (Phi) is 3.70. The molecule has 0 saturated carbocycles. The highest BCUT2D eigenvalue weighted by atomic mass is 16.5. The van der Waals surface area contributed by atoms with E-state index in [1.54, 1.807) is 19.1 Å². The van der Waals surface area contributed by atoms with Crippen LogP contribution in [-0.2, 0) is 11.3 Å². The number of nitrogens with zero attached hydrogens (tertiary/aromatic N) is 1. The van der Waals surface area contributed by atoms with Crippen LogP contribution in [0.25, 0.3) is 0 Å². The van der Waals surface area contributed by atoms with Crippen molar-refractivity contribution >= 4 is 5.97 Å². The van der Waals surface area contributed by atoms with Gasteiger partial charge in [-0.1, -0.05) is 5.16 Å². The van der Waals surface area contributed by atoms with E-state index in [2.05, 4.69) is 5.16 Å². The van der Waals surface area contributed by atoms with Gasteiger partial charge in [-0.3, -0.25) is 0 Å². The number of rotatable bonds is 4. The Labute approximate surface area is 109 Å². The van der Waals surface area contributed by atoms with E-state index in [4.69, 9.17) is 14.0 Å². The average Bonchev–Trinajstić information content (AvgIpc) is 2.82. The first-order valence-corrected chi connectivity index (χ1v) is 5.56. The number of phenols is 1. The summed E-state index contributed by atoms with van der Waals surface area (Å²) in [6.07, 6.45) is 0. The molecule has 0 aliphatic carbocycles. The van der Waals surface area contributed by atoms with Crippen LogP contribution in [0.1, 0.15) is 21.8 Å². The molecule has 0 saturated heterocycles. The van der Waals surface area contributed by atoms with Crippen molar-refractivity contribution in [2.75, 3.05) is 7.11 Å². The number of benzene rings is 1. The predicted octanol–water partition coefficient (Wildman–Crippen LogP) is 2.05. The summed E-state index contributed by atoms with van der Waals surface area (Å²) in [7, 11) is 1.47. The minimum absolute atomic E-state index is 0.0376. The standard InChI is InChI=1S/C13H13NO5/c1-8-5-10(19-14-8)7-18-13(16)11-6-9(17-2)3-4-12(11)15/h3-6,15H,7H2,1-2H3. The summed E-state index contributed by atoms with van der Waals surface area (Å²) < 4.78 is 14.9. The van der Waals surface area contributed by atoms with Gasteiger partial charge in [-0.15, -0.1) is 0 Å². The molecule has 100 valence electrons. The lowest BCUT2D eigenvalue weighted by Gasteiger charge is -2.06. The topological polar surface area (TPSA) is 81.8 Å². The number of carbonyl (C=O) groups is 1. The zero-order chi connectivity index (χ0) is 13.8. The van der Waals surface area contributed by atoms with Gasteiger partial charge in [-0.2, -0.15) is 0 Å². The summed E-state index contributed by atoms with van der Waals surface area (Å²) in [5.41, 5.74) is 0.742. The number of aromatic hydroxyl groups is 1. The fraction of sp³-hybridized carbons (Fsp3) is 0.231. The second kappa shape index (κ2) is 5.43. The molecule has 1 heterocycles. The first-order chi connectivity index (χ1) is 9.10. The van der Waals surface area contributed by atoms with Gasteiger partial charge in [-0.25, -0.2) is 4.79 Å². The molecule has 0 fully saturated rings. The van der Waals surface area contributed by atoms with Crippen molar-refractivity contribution in [3.63, 3.8) is 0 Å². The van der Waals surface area contributed by atoms with Gasteiger partial charge in [-0.05, 0) is 25.1 Å². The maximum Gasteiger partial charge on any atom is 0.342 e. The molecule has 1 aromatic heterocycles. The number of carbonyl (C=O) groups excluding carboxylic acids is 1. The quantitative estimate of drug-likeness (QED) is 0.850. The van der Waals surface area contributed by atoms with Crippen molar-refractivity contribution in [3.8, 4) is 11.5 Å². The van der Waals surface area contributed by atoms with Crippen molar-refractivity contribution in [2.45, 2.75) is 13.5 Å². The first kappa shape index (κ1) is 12.9. The van der Waals surface area contributed by atoms with E-state index in [1.807, 2.05) is 0 Å². The van der Waals surface area contributed by atoms with E-state index < -0.39 is 5.97 Å². The largest absolute Gasteiger partial charge is 0.507 e. The van der Waals surface area contributed by atoms with Crippen molar-refractivity contribution < 1.29 is 23.9 Å². The van der Waals surface area contributed by atoms with Crippen LogP contribution < -0.4 is 4.74 Å². The summed E-state index contributed by atoms with van der Waals surface area (Å²) >= 11 is 0. The third kappa shape index (κ3) is 3.04. The van der Waals surface area contributed by atoms with Crippen molar-refractivity contribution in [1.82, 2.24) is 5.16 Å². The number of methoxy groups -OCH3 is 1. The minimum Gasteiger partial charge on any atom is -0.507 e. The molecule has 0 spiro atoms. The Morgan fingerprint density at radius 3 is 2.84 bits per heavy atom.